The number of nitrogens with zero attached hydrogens (tertiary/aromatic N) is 1. The van der Waals surface area contributed by atoms with E-state index in [0.29, 0.717) is 11.5 Å². The fraction of sp³-hybridized carbons (Fsp3) is 1.00. The van der Waals surface area contributed by atoms with E-state index in [1.165, 1.54) is 51.6 Å². The number of likely N-dealkylation sites (tertiary alicyclic amines) is 1. The third-order valence-corrected chi connectivity index (χ3v) is 5.38. The van der Waals surface area contributed by atoms with Crippen molar-refractivity contribution in [1.29, 1.82) is 0 Å². The van der Waals surface area contributed by atoms with Crippen LogP contribution >= 0.6 is 0 Å². The Labute approximate surface area is 114 Å². The second-order valence-corrected chi connectivity index (χ2v) is 7.29. The summed E-state index contributed by atoms with van der Waals surface area (Å²) >= 11 is 0. The molecule has 1 saturated carbocycles. The van der Waals surface area contributed by atoms with Crippen molar-refractivity contribution in [2.45, 2.75) is 71.4 Å². The van der Waals surface area contributed by atoms with Gasteiger partial charge in [-0.05, 0) is 63.6 Å². The van der Waals surface area contributed by atoms with Crippen molar-refractivity contribution >= 4 is 0 Å². The maximum Gasteiger partial charge on any atom is 0.0271 e. The van der Waals surface area contributed by atoms with Gasteiger partial charge in [-0.1, -0.05) is 27.2 Å². The van der Waals surface area contributed by atoms with Gasteiger partial charge in [-0.25, -0.2) is 0 Å². The zero-order chi connectivity index (χ0) is 13.2. The number of likely N-dealkylation sites (N-methyl/N-ethyl adjacent to an activating group) is 1. The van der Waals surface area contributed by atoms with Gasteiger partial charge in [0.25, 0.3) is 0 Å². The van der Waals surface area contributed by atoms with E-state index in [1.54, 1.807) is 0 Å². The molecule has 1 N–H and O–H groups in total. The fourth-order valence-corrected chi connectivity index (χ4v) is 4.20. The van der Waals surface area contributed by atoms with E-state index in [9.17, 15) is 0 Å². The van der Waals surface area contributed by atoms with Gasteiger partial charge in [-0.3, -0.25) is 4.90 Å². The largest absolute Gasteiger partial charge is 0.315 e. The Hall–Kier alpha value is -0.0800. The van der Waals surface area contributed by atoms with Crippen molar-refractivity contribution in [2.75, 3.05) is 20.1 Å². The molecule has 106 valence electrons. The van der Waals surface area contributed by atoms with Crippen LogP contribution in [0.5, 0.6) is 0 Å². The van der Waals surface area contributed by atoms with Gasteiger partial charge in [0.15, 0.2) is 0 Å². The van der Waals surface area contributed by atoms with Crippen LogP contribution in [0.3, 0.4) is 0 Å². The molecule has 0 aromatic heterocycles. The molecule has 2 heteroatoms. The van der Waals surface area contributed by atoms with E-state index in [-0.39, 0.29) is 0 Å². The first-order valence-corrected chi connectivity index (χ1v) is 7.96. The molecule has 1 saturated heterocycles. The first kappa shape index (κ1) is 14.3. The molecule has 3 unspecified atom stereocenters. The Kier molecular flexibility index (Phi) is 4.71. The van der Waals surface area contributed by atoms with E-state index >= 15 is 0 Å². The van der Waals surface area contributed by atoms with Crippen LogP contribution in [0.1, 0.15) is 59.3 Å². The van der Waals surface area contributed by atoms with Gasteiger partial charge in [-0.15, -0.1) is 0 Å². The van der Waals surface area contributed by atoms with Crippen LogP contribution in [0.4, 0.5) is 0 Å². The quantitative estimate of drug-likeness (QED) is 0.811. The van der Waals surface area contributed by atoms with Crippen LogP contribution in [0.25, 0.3) is 0 Å². The van der Waals surface area contributed by atoms with Crippen LogP contribution in [-0.2, 0) is 0 Å². The highest BCUT2D eigenvalue weighted by Gasteiger charge is 2.40. The SMILES string of the molecule is CNC1C(N2CCCC(C)CC2)CCCC1(C)C. The summed E-state index contributed by atoms with van der Waals surface area (Å²) in [4.78, 5) is 2.80. The summed E-state index contributed by atoms with van der Waals surface area (Å²) in [7, 11) is 2.16. The molecule has 0 amide bonds. The summed E-state index contributed by atoms with van der Waals surface area (Å²) in [5, 5.41) is 3.63. The lowest BCUT2D eigenvalue weighted by atomic mass is 9.70. The second-order valence-electron chi connectivity index (χ2n) is 7.29. The lowest BCUT2D eigenvalue weighted by Gasteiger charge is -2.48. The molecule has 0 radical (unpaired) electrons. The Morgan fingerprint density at radius 1 is 1.06 bits per heavy atom. The van der Waals surface area contributed by atoms with Gasteiger partial charge in [0, 0.05) is 12.1 Å². The van der Waals surface area contributed by atoms with E-state index in [4.69, 9.17) is 0 Å². The summed E-state index contributed by atoms with van der Waals surface area (Å²) in [6.07, 6.45) is 8.39. The van der Waals surface area contributed by atoms with Crippen LogP contribution in [0.15, 0.2) is 0 Å². The van der Waals surface area contributed by atoms with Gasteiger partial charge in [0.05, 0.1) is 0 Å². The zero-order valence-corrected chi connectivity index (χ0v) is 12.8. The van der Waals surface area contributed by atoms with Gasteiger partial charge in [-0.2, -0.15) is 0 Å². The molecular formula is C16H32N2. The third kappa shape index (κ3) is 3.08. The van der Waals surface area contributed by atoms with E-state index in [2.05, 4.69) is 38.0 Å². The Morgan fingerprint density at radius 2 is 1.83 bits per heavy atom. The summed E-state index contributed by atoms with van der Waals surface area (Å²) in [5.41, 5.74) is 0.454. The van der Waals surface area contributed by atoms with Gasteiger partial charge in [0.2, 0.25) is 0 Å². The molecule has 0 spiro atoms. The lowest BCUT2D eigenvalue weighted by molar-refractivity contribution is 0.0535. The topological polar surface area (TPSA) is 15.3 Å². The highest BCUT2D eigenvalue weighted by atomic mass is 15.2. The molecule has 0 bridgehead atoms. The minimum absolute atomic E-state index is 0.454. The molecule has 18 heavy (non-hydrogen) atoms. The van der Waals surface area contributed by atoms with Crippen molar-refractivity contribution in [1.82, 2.24) is 10.2 Å². The molecule has 1 aliphatic carbocycles. The third-order valence-electron chi connectivity index (χ3n) is 5.38. The highest BCUT2D eigenvalue weighted by Crippen LogP contribution is 2.38. The predicted octanol–water partition coefficient (Wildman–Crippen LogP) is 3.28. The van der Waals surface area contributed by atoms with Crippen molar-refractivity contribution in [3.8, 4) is 0 Å². The fourth-order valence-electron chi connectivity index (χ4n) is 4.20. The maximum absolute atomic E-state index is 3.63. The van der Waals surface area contributed by atoms with Crippen LogP contribution in [-0.4, -0.2) is 37.1 Å². The molecule has 2 nitrogen and oxygen atoms in total. The monoisotopic (exact) mass is 252 g/mol. The van der Waals surface area contributed by atoms with Gasteiger partial charge < -0.3 is 5.32 Å². The van der Waals surface area contributed by atoms with E-state index in [0.717, 1.165) is 12.0 Å². The first-order valence-electron chi connectivity index (χ1n) is 7.96. The number of rotatable bonds is 2. The molecule has 2 fully saturated rings. The molecule has 2 aliphatic rings. The van der Waals surface area contributed by atoms with Crippen molar-refractivity contribution in [3.63, 3.8) is 0 Å². The Bertz CT molecular complexity index is 262. The molecule has 0 aromatic carbocycles. The number of hydrogen-bond donors (Lipinski definition) is 1. The molecule has 3 atom stereocenters. The summed E-state index contributed by atoms with van der Waals surface area (Å²) in [5.74, 6) is 0.930. The predicted molar refractivity (Wildman–Crippen MR) is 78.9 cm³/mol. The van der Waals surface area contributed by atoms with Crippen molar-refractivity contribution in [2.24, 2.45) is 11.3 Å². The average molecular weight is 252 g/mol. The Balaban J connectivity index is 2.05. The minimum atomic E-state index is 0.454. The van der Waals surface area contributed by atoms with E-state index < -0.39 is 0 Å². The van der Waals surface area contributed by atoms with Crippen LogP contribution < -0.4 is 5.32 Å². The van der Waals surface area contributed by atoms with Crippen LogP contribution in [0.2, 0.25) is 0 Å². The second kappa shape index (κ2) is 5.92. The summed E-state index contributed by atoms with van der Waals surface area (Å²) in [6.45, 7) is 9.95. The molecule has 1 heterocycles. The Morgan fingerprint density at radius 3 is 2.56 bits per heavy atom. The lowest BCUT2D eigenvalue weighted by Crippen LogP contribution is -2.58. The number of hydrogen-bond acceptors (Lipinski definition) is 2. The maximum atomic E-state index is 3.63. The van der Waals surface area contributed by atoms with Crippen LogP contribution in [0, 0.1) is 11.3 Å². The molecular weight excluding hydrogens is 220 g/mol. The van der Waals surface area contributed by atoms with Gasteiger partial charge in [0.1, 0.15) is 0 Å². The van der Waals surface area contributed by atoms with Crippen molar-refractivity contribution < 1.29 is 0 Å². The normalized spacial score (nSPS) is 38.3. The zero-order valence-electron chi connectivity index (χ0n) is 12.8. The summed E-state index contributed by atoms with van der Waals surface area (Å²) < 4.78 is 0. The van der Waals surface area contributed by atoms with Crippen molar-refractivity contribution in [3.05, 3.63) is 0 Å². The highest BCUT2D eigenvalue weighted by molar-refractivity contribution is 4.97. The standard InChI is InChI=1S/C16H32N2/c1-13-7-6-11-18(12-9-13)14-8-5-10-16(2,3)15(14)17-4/h13-15,17H,5-12H2,1-4H3. The first-order chi connectivity index (χ1) is 8.54. The summed E-state index contributed by atoms with van der Waals surface area (Å²) in [6, 6.07) is 1.43. The molecule has 1 aliphatic heterocycles. The smallest absolute Gasteiger partial charge is 0.0271 e. The minimum Gasteiger partial charge on any atom is -0.315 e. The average Bonchev–Trinajstić information content (AvgIpc) is 2.52. The van der Waals surface area contributed by atoms with Gasteiger partial charge >= 0.3 is 0 Å². The number of nitrogens with one attached hydrogen (secondary N) is 1. The van der Waals surface area contributed by atoms with E-state index in [1.807, 2.05) is 0 Å². The molecule has 0 aromatic rings. The molecule has 2 rings (SSSR count).